The molecule has 0 amide bonds. The molecule has 21 heavy (non-hydrogen) atoms. The van der Waals surface area contributed by atoms with E-state index in [4.69, 9.17) is 4.74 Å². The molecule has 0 aliphatic rings. The summed E-state index contributed by atoms with van der Waals surface area (Å²) in [5, 5.41) is 7.28. The molecule has 0 aliphatic carbocycles. The topological polar surface area (TPSA) is 69.0 Å². The van der Waals surface area contributed by atoms with Gasteiger partial charge in [0.1, 0.15) is 4.47 Å². The average molecular weight is 353 g/mol. The summed E-state index contributed by atoms with van der Waals surface area (Å²) in [6, 6.07) is 5.83. The number of aromatic nitrogens is 3. The molecule has 0 saturated heterocycles. The van der Waals surface area contributed by atoms with E-state index in [0.29, 0.717) is 29.9 Å². The van der Waals surface area contributed by atoms with Crippen LogP contribution in [0.1, 0.15) is 11.4 Å². The fraction of sp³-hybridized carbons (Fsp3) is 0.357. The van der Waals surface area contributed by atoms with Crippen molar-refractivity contribution in [1.29, 1.82) is 0 Å². The van der Waals surface area contributed by atoms with Crippen LogP contribution in [0.25, 0.3) is 0 Å². The largest absolute Gasteiger partial charge is 0.383 e. The standard InChI is InChI=1S/C14H17BrN4O2/c1-10-4-3-5-11(18-10)8-16-12-9-17-19(6-7-21-2)14(20)13(12)15/h3-5,9,16H,6-8H2,1-2H3. The van der Waals surface area contributed by atoms with Gasteiger partial charge in [0, 0.05) is 12.8 Å². The average Bonchev–Trinajstić information content (AvgIpc) is 2.48. The van der Waals surface area contributed by atoms with Gasteiger partial charge in [-0.05, 0) is 35.0 Å². The Kier molecular flexibility index (Phi) is 5.46. The first kappa shape index (κ1) is 15.7. The fourth-order valence-electron chi connectivity index (χ4n) is 1.81. The normalized spacial score (nSPS) is 10.6. The summed E-state index contributed by atoms with van der Waals surface area (Å²) < 4.78 is 6.77. The van der Waals surface area contributed by atoms with Gasteiger partial charge in [-0.15, -0.1) is 0 Å². The molecule has 0 fully saturated rings. The number of anilines is 1. The Bertz CT molecular complexity index is 672. The summed E-state index contributed by atoms with van der Waals surface area (Å²) >= 11 is 3.31. The number of hydrogen-bond acceptors (Lipinski definition) is 5. The van der Waals surface area contributed by atoms with Crippen molar-refractivity contribution in [1.82, 2.24) is 14.8 Å². The monoisotopic (exact) mass is 352 g/mol. The Morgan fingerprint density at radius 1 is 1.43 bits per heavy atom. The van der Waals surface area contributed by atoms with E-state index in [1.807, 2.05) is 25.1 Å². The summed E-state index contributed by atoms with van der Waals surface area (Å²) in [6.45, 7) is 3.34. The Morgan fingerprint density at radius 2 is 2.24 bits per heavy atom. The fourth-order valence-corrected chi connectivity index (χ4v) is 2.26. The highest BCUT2D eigenvalue weighted by atomic mass is 79.9. The van der Waals surface area contributed by atoms with Crippen molar-refractivity contribution in [3.63, 3.8) is 0 Å². The molecule has 0 unspecified atom stereocenters. The van der Waals surface area contributed by atoms with E-state index in [1.54, 1.807) is 13.3 Å². The number of halogens is 1. The minimum Gasteiger partial charge on any atom is -0.383 e. The first-order valence-electron chi connectivity index (χ1n) is 6.53. The van der Waals surface area contributed by atoms with Gasteiger partial charge in [0.05, 0.1) is 37.3 Å². The van der Waals surface area contributed by atoms with Crippen LogP contribution in [0, 0.1) is 6.92 Å². The lowest BCUT2D eigenvalue weighted by Gasteiger charge is -2.10. The van der Waals surface area contributed by atoms with Crippen molar-refractivity contribution in [2.75, 3.05) is 19.0 Å². The highest BCUT2D eigenvalue weighted by Gasteiger charge is 2.08. The minimum absolute atomic E-state index is 0.186. The predicted molar refractivity (Wildman–Crippen MR) is 84.4 cm³/mol. The molecule has 2 aromatic rings. The second kappa shape index (κ2) is 7.33. The van der Waals surface area contributed by atoms with E-state index in [1.165, 1.54) is 4.68 Å². The molecule has 0 saturated carbocycles. The molecule has 0 atom stereocenters. The lowest BCUT2D eigenvalue weighted by molar-refractivity contribution is 0.181. The number of rotatable bonds is 6. The third-order valence-corrected chi connectivity index (χ3v) is 3.66. The maximum absolute atomic E-state index is 12.1. The van der Waals surface area contributed by atoms with E-state index in [2.05, 4.69) is 31.3 Å². The van der Waals surface area contributed by atoms with Crippen molar-refractivity contribution >= 4 is 21.6 Å². The smallest absolute Gasteiger partial charge is 0.283 e. The molecule has 1 N–H and O–H groups in total. The van der Waals surface area contributed by atoms with E-state index in [9.17, 15) is 4.79 Å². The molecule has 7 heteroatoms. The zero-order chi connectivity index (χ0) is 15.2. The number of pyridine rings is 1. The molecular weight excluding hydrogens is 336 g/mol. The van der Waals surface area contributed by atoms with Crippen LogP contribution < -0.4 is 10.9 Å². The zero-order valence-corrected chi connectivity index (χ0v) is 13.6. The van der Waals surface area contributed by atoms with E-state index in [-0.39, 0.29) is 5.56 Å². The van der Waals surface area contributed by atoms with Gasteiger partial charge in [-0.2, -0.15) is 5.10 Å². The molecule has 2 heterocycles. The second-order valence-corrected chi connectivity index (χ2v) is 5.31. The van der Waals surface area contributed by atoms with Crippen LogP contribution in [0.3, 0.4) is 0 Å². The molecule has 0 bridgehead atoms. The van der Waals surface area contributed by atoms with E-state index in [0.717, 1.165) is 11.4 Å². The third-order valence-electron chi connectivity index (χ3n) is 2.90. The highest BCUT2D eigenvalue weighted by Crippen LogP contribution is 2.16. The number of ether oxygens (including phenoxy) is 1. The second-order valence-electron chi connectivity index (χ2n) is 4.52. The minimum atomic E-state index is -0.186. The molecule has 0 aliphatic heterocycles. The number of nitrogens with zero attached hydrogens (tertiary/aromatic N) is 3. The maximum atomic E-state index is 12.1. The summed E-state index contributed by atoms with van der Waals surface area (Å²) in [7, 11) is 1.59. The Labute approximate surface area is 131 Å². The molecule has 0 spiro atoms. The Morgan fingerprint density at radius 3 is 2.95 bits per heavy atom. The number of hydrogen-bond donors (Lipinski definition) is 1. The lowest BCUT2D eigenvalue weighted by atomic mass is 10.3. The summed E-state index contributed by atoms with van der Waals surface area (Å²) in [4.78, 5) is 16.5. The van der Waals surface area contributed by atoms with Gasteiger partial charge in [0.2, 0.25) is 0 Å². The zero-order valence-electron chi connectivity index (χ0n) is 12.0. The van der Waals surface area contributed by atoms with Crippen LogP contribution in [0.5, 0.6) is 0 Å². The van der Waals surface area contributed by atoms with Crippen LogP contribution in [0.4, 0.5) is 5.69 Å². The van der Waals surface area contributed by atoms with Gasteiger partial charge in [0.25, 0.3) is 5.56 Å². The van der Waals surface area contributed by atoms with Crippen LogP contribution in [-0.4, -0.2) is 28.5 Å². The summed E-state index contributed by atoms with van der Waals surface area (Å²) in [5.41, 5.74) is 2.33. The lowest BCUT2D eigenvalue weighted by Crippen LogP contribution is -2.26. The molecule has 112 valence electrons. The van der Waals surface area contributed by atoms with Gasteiger partial charge in [-0.3, -0.25) is 9.78 Å². The number of aryl methyl sites for hydroxylation is 1. The van der Waals surface area contributed by atoms with Crippen LogP contribution >= 0.6 is 15.9 Å². The first-order chi connectivity index (χ1) is 10.1. The molecule has 2 rings (SSSR count). The van der Waals surface area contributed by atoms with Gasteiger partial charge in [-0.1, -0.05) is 6.07 Å². The molecule has 2 aromatic heterocycles. The predicted octanol–water partition coefficient (Wildman–Crippen LogP) is 1.97. The maximum Gasteiger partial charge on any atom is 0.283 e. The van der Waals surface area contributed by atoms with Crippen molar-refractivity contribution in [2.24, 2.45) is 0 Å². The van der Waals surface area contributed by atoms with Gasteiger partial charge in [-0.25, -0.2) is 4.68 Å². The highest BCUT2D eigenvalue weighted by molar-refractivity contribution is 9.10. The van der Waals surface area contributed by atoms with Gasteiger partial charge < -0.3 is 10.1 Å². The SMILES string of the molecule is COCCn1ncc(NCc2cccc(C)n2)c(Br)c1=O. The molecule has 6 nitrogen and oxygen atoms in total. The molecule has 0 radical (unpaired) electrons. The number of nitrogens with one attached hydrogen (secondary N) is 1. The molecule has 0 aromatic carbocycles. The van der Waals surface area contributed by atoms with Crippen LogP contribution in [0.2, 0.25) is 0 Å². The van der Waals surface area contributed by atoms with Crippen LogP contribution in [-0.2, 0) is 17.8 Å². The Hall–Kier alpha value is -1.73. The Balaban J connectivity index is 2.10. The van der Waals surface area contributed by atoms with E-state index >= 15 is 0 Å². The van der Waals surface area contributed by atoms with Crippen molar-refractivity contribution in [3.8, 4) is 0 Å². The third kappa shape index (κ3) is 4.12. The van der Waals surface area contributed by atoms with Crippen LogP contribution in [0.15, 0.2) is 33.7 Å². The quantitative estimate of drug-likeness (QED) is 0.860. The van der Waals surface area contributed by atoms with Crippen molar-refractivity contribution in [2.45, 2.75) is 20.0 Å². The summed E-state index contributed by atoms with van der Waals surface area (Å²) in [5.74, 6) is 0. The molecular formula is C14H17BrN4O2. The van der Waals surface area contributed by atoms with Gasteiger partial charge >= 0.3 is 0 Å². The number of methoxy groups -OCH3 is 1. The van der Waals surface area contributed by atoms with Crippen molar-refractivity contribution in [3.05, 3.63) is 50.6 Å². The summed E-state index contributed by atoms with van der Waals surface area (Å²) in [6.07, 6.45) is 1.62. The van der Waals surface area contributed by atoms with Gasteiger partial charge in [0.15, 0.2) is 0 Å². The van der Waals surface area contributed by atoms with E-state index < -0.39 is 0 Å². The van der Waals surface area contributed by atoms with Crippen molar-refractivity contribution < 1.29 is 4.74 Å². The first-order valence-corrected chi connectivity index (χ1v) is 7.32.